The third-order valence-electron chi connectivity index (χ3n) is 3.61. The first-order valence-corrected chi connectivity index (χ1v) is 8.16. The largest absolute Gasteiger partial charge is 0.324 e. The van der Waals surface area contributed by atoms with Gasteiger partial charge in [-0.2, -0.15) is 4.31 Å². The van der Waals surface area contributed by atoms with Crippen LogP contribution < -0.4 is 11.3 Å². The van der Waals surface area contributed by atoms with Gasteiger partial charge in [-0.25, -0.2) is 8.42 Å². The SMILES string of the molecule is CC1CN(C)CCCN1S(=O)(=O)c1ccc(NN)cc1. The van der Waals surface area contributed by atoms with Crippen LogP contribution in [0.1, 0.15) is 13.3 Å². The van der Waals surface area contributed by atoms with Gasteiger partial charge in [0.2, 0.25) is 10.0 Å². The first kappa shape index (κ1) is 15.2. The average Bonchev–Trinajstić information content (AvgIpc) is 2.59. The van der Waals surface area contributed by atoms with Gasteiger partial charge in [-0.1, -0.05) is 0 Å². The number of nitrogens with zero attached hydrogens (tertiary/aromatic N) is 2. The topological polar surface area (TPSA) is 78.7 Å². The van der Waals surface area contributed by atoms with Crippen molar-refractivity contribution in [3.8, 4) is 0 Å². The normalized spacial score (nSPS) is 22.4. The number of anilines is 1. The lowest BCUT2D eigenvalue weighted by Crippen LogP contribution is -2.41. The van der Waals surface area contributed by atoms with Gasteiger partial charge in [-0.05, 0) is 51.2 Å². The quantitative estimate of drug-likeness (QED) is 0.634. The molecule has 7 heteroatoms. The van der Waals surface area contributed by atoms with Crippen LogP contribution in [0.25, 0.3) is 0 Å². The molecule has 1 aliphatic heterocycles. The summed E-state index contributed by atoms with van der Waals surface area (Å²) < 4.78 is 27.0. The van der Waals surface area contributed by atoms with E-state index >= 15 is 0 Å². The summed E-state index contributed by atoms with van der Waals surface area (Å²) in [5.74, 6) is 5.29. The lowest BCUT2D eigenvalue weighted by molar-refractivity contribution is 0.290. The van der Waals surface area contributed by atoms with Crippen molar-refractivity contribution in [2.75, 3.05) is 32.1 Å². The molecule has 0 amide bonds. The van der Waals surface area contributed by atoms with E-state index in [0.29, 0.717) is 17.1 Å². The Kier molecular flexibility index (Phi) is 4.64. The van der Waals surface area contributed by atoms with Crippen molar-refractivity contribution >= 4 is 15.7 Å². The zero-order chi connectivity index (χ0) is 14.8. The molecule has 1 fully saturated rings. The molecule has 0 saturated carbocycles. The van der Waals surface area contributed by atoms with Gasteiger partial charge in [0.1, 0.15) is 0 Å². The van der Waals surface area contributed by atoms with Gasteiger partial charge in [-0.15, -0.1) is 0 Å². The number of hydrogen-bond donors (Lipinski definition) is 2. The van der Waals surface area contributed by atoms with Gasteiger partial charge in [0.25, 0.3) is 0 Å². The van der Waals surface area contributed by atoms with Crippen LogP contribution in [-0.4, -0.2) is 50.3 Å². The van der Waals surface area contributed by atoms with Gasteiger partial charge in [0.15, 0.2) is 0 Å². The van der Waals surface area contributed by atoms with Gasteiger partial charge in [-0.3, -0.25) is 5.84 Å². The fourth-order valence-electron chi connectivity index (χ4n) is 2.57. The molecule has 1 aliphatic rings. The zero-order valence-electron chi connectivity index (χ0n) is 11.9. The summed E-state index contributed by atoms with van der Waals surface area (Å²) in [5, 5.41) is 0. The molecule has 0 bridgehead atoms. The van der Waals surface area contributed by atoms with Gasteiger partial charge < -0.3 is 10.3 Å². The van der Waals surface area contributed by atoms with Crippen LogP contribution >= 0.6 is 0 Å². The number of hydrazine groups is 1. The Bertz CT molecular complexity index is 544. The van der Waals surface area contributed by atoms with Crippen molar-refractivity contribution in [3.63, 3.8) is 0 Å². The van der Waals surface area contributed by atoms with E-state index in [9.17, 15) is 8.42 Å². The second-order valence-electron chi connectivity index (χ2n) is 5.25. The zero-order valence-corrected chi connectivity index (χ0v) is 12.7. The molecule has 0 spiro atoms. The van der Waals surface area contributed by atoms with Crippen LogP contribution in [0.3, 0.4) is 0 Å². The van der Waals surface area contributed by atoms with Crippen molar-refractivity contribution < 1.29 is 8.42 Å². The number of nitrogens with two attached hydrogens (primary N) is 1. The van der Waals surface area contributed by atoms with Crippen molar-refractivity contribution in [1.29, 1.82) is 0 Å². The molecular formula is C13H22N4O2S. The minimum atomic E-state index is -3.44. The second-order valence-corrected chi connectivity index (χ2v) is 7.14. The molecule has 20 heavy (non-hydrogen) atoms. The lowest BCUT2D eigenvalue weighted by atomic mass is 10.3. The number of benzene rings is 1. The van der Waals surface area contributed by atoms with Crippen molar-refractivity contribution in [2.45, 2.75) is 24.3 Å². The van der Waals surface area contributed by atoms with Crippen molar-refractivity contribution in [2.24, 2.45) is 5.84 Å². The van der Waals surface area contributed by atoms with Crippen LogP contribution in [0.5, 0.6) is 0 Å². The minimum Gasteiger partial charge on any atom is -0.324 e. The molecule has 112 valence electrons. The highest BCUT2D eigenvalue weighted by Gasteiger charge is 2.31. The summed E-state index contributed by atoms with van der Waals surface area (Å²) in [7, 11) is -1.42. The van der Waals surface area contributed by atoms with E-state index in [-0.39, 0.29) is 6.04 Å². The Morgan fingerprint density at radius 2 is 1.90 bits per heavy atom. The number of rotatable bonds is 3. The fourth-order valence-corrected chi connectivity index (χ4v) is 4.23. The highest BCUT2D eigenvalue weighted by Crippen LogP contribution is 2.22. The smallest absolute Gasteiger partial charge is 0.243 e. The molecule has 1 heterocycles. The third-order valence-corrected chi connectivity index (χ3v) is 5.64. The maximum absolute atomic E-state index is 12.7. The first-order valence-electron chi connectivity index (χ1n) is 6.72. The Morgan fingerprint density at radius 1 is 1.25 bits per heavy atom. The number of nitrogens with one attached hydrogen (secondary N) is 1. The predicted octanol–water partition coefficient (Wildman–Crippen LogP) is 0.687. The molecule has 2 rings (SSSR count). The molecule has 1 saturated heterocycles. The summed E-state index contributed by atoms with van der Waals surface area (Å²) >= 11 is 0. The first-order chi connectivity index (χ1) is 9.45. The van der Waals surface area contributed by atoms with Gasteiger partial charge >= 0.3 is 0 Å². The second kappa shape index (κ2) is 6.09. The van der Waals surface area contributed by atoms with Gasteiger partial charge in [0.05, 0.1) is 4.90 Å². The number of likely N-dealkylation sites (N-methyl/N-ethyl adjacent to an activating group) is 1. The molecule has 1 atom stereocenters. The summed E-state index contributed by atoms with van der Waals surface area (Å²) in [6.45, 7) is 4.19. The van der Waals surface area contributed by atoms with Crippen molar-refractivity contribution in [1.82, 2.24) is 9.21 Å². The van der Waals surface area contributed by atoms with Crippen LogP contribution in [0, 0.1) is 0 Å². The van der Waals surface area contributed by atoms with E-state index < -0.39 is 10.0 Å². The minimum absolute atomic E-state index is 0.0280. The van der Waals surface area contributed by atoms with E-state index in [2.05, 4.69) is 10.3 Å². The van der Waals surface area contributed by atoms with E-state index in [1.165, 1.54) is 0 Å². The molecular weight excluding hydrogens is 276 g/mol. The average molecular weight is 298 g/mol. The summed E-state index contributed by atoms with van der Waals surface area (Å²) in [6.07, 6.45) is 0.850. The lowest BCUT2D eigenvalue weighted by Gasteiger charge is -2.27. The van der Waals surface area contributed by atoms with Crippen LogP contribution in [-0.2, 0) is 10.0 Å². The Hall–Kier alpha value is -1.15. The van der Waals surface area contributed by atoms with E-state index in [4.69, 9.17) is 5.84 Å². The molecule has 0 radical (unpaired) electrons. The molecule has 0 aliphatic carbocycles. The third kappa shape index (κ3) is 3.12. The molecule has 3 N–H and O–H groups in total. The standard InChI is InChI=1S/C13H22N4O2S/c1-11-10-16(2)8-3-9-17(11)20(18,19)13-6-4-12(15-14)5-7-13/h4-7,11,15H,3,8-10,14H2,1-2H3. The number of sulfonamides is 1. The van der Waals surface area contributed by atoms with Crippen LogP contribution in [0.4, 0.5) is 5.69 Å². The van der Waals surface area contributed by atoms with Gasteiger partial charge in [0, 0.05) is 24.8 Å². The van der Waals surface area contributed by atoms with Crippen molar-refractivity contribution in [3.05, 3.63) is 24.3 Å². The monoisotopic (exact) mass is 298 g/mol. The fraction of sp³-hybridized carbons (Fsp3) is 0.538. The molecule has 0 aromatic heterocycles. The maximum Gasteiger partial charge on any atom is 0.243 e. The van der Waals surface area contributed by atoms with E-state index in [1.54, 1.807) is 28.6 Å². The summed E-state index contributed by atoms with van der Waals surface area (Å²) in [5.41, 5.74) is 3.18. The highest BCUT2D eigenvalue weighted by molar-refractivity contribution is 7.89. The highest BCUT2D eigenvalue weighted by atomic mass is 32.2. The Balaban J connectivity index is 2.28. The molecule has 6 nitrogen and oxygen atoms in total. The van der Waals surface area contributed by atoms with Crippen LogP contribution in [0.2, 0.25) is 0 Å². The Morgan fingerprint density at radius 3 is 2.50 bits per heavy atom. The summed E-state index contributed by atoms with van der Waals surface area (Å²) in [6, 6.07) is 6.49. The maximum atomic E-state index is 12.7. The molecule has 1 unspecified atom stereocenters. The molecule has 1 aromatic carbocycles. The Labute approximate surface area is 120 Å². The van der Waals surface area contributed by atoms with E-state index in [1.807, 2.05) is 14.0 Å². The molecule has 1 aromatic rings. The summed E-state index contributed by atoms with van der Waals surface area (Å²) in [4.78, 5) is 2.48. The number of hydrogen-bond acceptors (Lipinski definition) is 5. The van der Waals surface area contributed by atoms with E-state index in [0.717, 1.165) is 19.5 Å². The van der Waals surface area contributed by atoms with Crippen LogP contribution in [0.15, 0.2) is 29.2 Å². The number of nitrogen functional groups attached to an aromatic ring is 1. The predicted molar refractivity (Wildman–Crippen MR) is 79.7 cm³/mol.